The van der Waals surface area contributed by atoms with Crippen LogP contribution in [0.1, 0.15) is 61.6 Å². The zero-order chi connectivity index (χ0) is 17.3. The minimum atomic E-state index is 0.0921. The van der Waals surface area contributed by atoms with Gasteiger partial charge in [0.25, 0.3) is 0 Å². The lowest BCUT2D eigenvalue weighted by Crippen LogP contribution is -2.41. The first-order valence-corrected chi connectivity index (χ1v) is 8.56. The maximum Gasteiger partial charge on any atom is 0.244 e. The van der Waals surface area contributed by atoms with E-state index in [1.165, 1.54) is 0 Å². The lowest BCUT2D eigenvalue weighted by molar-refractivity contribution is -0.133. The second-order valence-electron chi connectivity index (χ2n) is 6.91. The first-order chi connectivity index (χ1) is 11.4. The van der Waals surface area contributed by atoms with Crippen molar-refractivity contribution in [1.29, 1.82) is 0 Å². The largest absolute Gasteiger partial charge is 0.340 e. The van der Waals surface area contributed by atoms with E-state index < -0.39 is 0 Å². The minimum Gasteiger partial charge on any atom is -0.340 e. The van der Waals surface area contributed by atoms with Crippen molar-refractivity contribution in [3.05, 3.63) is 29.2 Å². The summed E-state index contributed by atoms with van der Waals surface area (Å²) in [5, 5.41) is 8.41. The first-order valence-electron chi connectivity index (χ1n) is 8.56. The molecule has 0 radical (unpaired) electrons. The Morgan fingerprint density at radius 3 is 2.83 bits per heavy atom. The first kappa shape index (κ1) is 16.7. The van der Waals surface area contributed by atoms with Gasteiger partial charge in [0.2, 0.25) is 11.8 Å². The molecule has 0 spiro atoms. The fourth-order valence-corrected chi connectivity index (χ4v) is 3.12. The van der Waals surface area contributed by atoms with Crippen LogP contribution in [0.15, 0.2) is 10.6 Å². The van der Waals surface area contributed by atoms with Crippen LogP contribution in [0.5, 0.6) is 0 Å². The predicted molar refractivity (Wildman–Crippen MR) is 88.6 cm³/mol. The van der Waals surface area contributed by atoms with Gasteiger partial charge in [0.05, 0.1) is 11.6 Å². The summed E-state index contributed by atoms with van der Waals surface area (Å²) in [5.41, 5.74) is 1.94. The molecule has 0 unspecified atom stereocenters. The molecule has 0 aliphatic carbocycles. The van der Waals surface area contributed by atoms with E-state index in [1.54, 1.807) is 4.68 Å². The van der Waals surface area contributed by atoms with Crippen LogP contribution in [0, 0.1) is 13.8 Å². The van der Waals surface area contributed by atoms with Crippen molar-refractivity contribution in [1.82, 2.24) is 24.8 Å². The van der Waals surface area contributed by atoms with Crippen LogP contribution in [0.2, 0.25) is 0 Å². The molecular formula is C17H25N5O2. The van der Waals surface area contributed by atoms with Gasteiger partial charge in [-0.2, -0.15) is 10.1 Å². The number of carbonyl (C=O) groups excluding carboxylic acids is 1. The number of nitrogens with zero attached hydrogens (tertiary/aromatic N) is 5. The number of aromatic nitrogens is 4. The van der Waals surface area contributed by atoms with E-state index in [0.29, 0.717) is 12.4 Å². The molecule has 7 heteroatoms. The molecule has 0 saturated carbocycles. The summed E-state index contributed by atoms with van der Waals surface area (Å²) >= 11 is 0. The van der Waals surface area contributed by atoms with Gasteiger partial charge in [-0.3, -0.25) is 9.48 Å². The number of carbonyl (C=O) groups is 1. The van der Waals surface area contributed by atoms with Crippen LogP contribution in [0.4, 0.5) is 0 Å². The number of amides is 1. The highest BCUT2D eigenvalue weighted by Gasteiger charge is 2.29. The van der Waals surface area contributed by atoms with Crippen molar-refractivity contribution in [3.8, 4) is 0 Å². The number of hydrogen-bond acceptors (Lipinski definition) is 5. The molecule has 1 amide bonds. The Morgan fingerprint density at radius 1 is 1.42 bits per heavy atom. The van der Waals surface area contributed by atoms with E-state index in [4.69, 9.17) is 4.52 Å². The third-order valence-electron chi connectivity index (χ3n) is 4.49. The number of rotatable bonds is 4. The van der Waals surface area contributed by atoms with Gasteiger partial charge in [0.1, 0.15) is 6.54 Å². The second-order valence-corrected chi connectivity index (χ2v) is 6.91. The van der Waals surface area contributed by atoms with Gasteiger partial charge in [-0.1, -0.05) is 19.0 Å². The SMILES string of the molecule is Cc1cc(C)n(CC(=O)N2CCC[C@H](c3nc(C(C)C)no3)C2)n1. The molecule has 1 saturated heterocycles. The topological polar surface area (TPSA) is 77.0 Å². The molecule has 1 aliphatic rings. The fraction of sp³-hybridized carbons (Fsp3) is 0.647. The smallest absolute Gasteiger partial charge is 0.244 e. The van der Waals surface area contributed by atoms with E-state index >= 15 is 0 Å². The summed E-state index contributed by atoms with van der Waals surface area (Å²) in [6.45, 7) is 9.69. The van der Waals surface area contributed by atoms with E-state index in [9.17, 15) is 4.79 Å². The van der Waals surface area contributed by atoms with E-state index in [1.807, 2.05) is 38.7 Å². The highest BCUT2D eigenvalue weighted by atomic mass is 16.5. The summed E-state index contributed by atoms with van der Waals surface area (Å²) in [6.07, 6.45) is 1.93. The van der Waals surface area contributed by atoms with Crippen LogP contribution in [-0.2, 0) is 11.3 Å². The third kappa shape index (κ3) is 3.49. The average molecular weight is 331 g/mol. The fourth-order valence-electron chi connectivity index (χ4n) is 3.12. The molecule has 0 bridgehead atoms. The van der Waals surface area contributed by atoms with Crippen LogP contribution < -0.4 is 0 Å². The summed E-state index contributed by atoms with van der Waals surface area (Å²) in [4.78, 5) is 19.0. The zero-order valence-electron chi connectivity index (χ0n) is 14.8. The number of aryl methyl sites for hydroxylation is 2. The summed E-state index contributed by atoms with van der Waals surface area (Å²) in [7, 11) is 0. The molecule has 2 aromatic rings. The van der Waals surface area contributed by atoms with E-state index in [-0.39, 0.29) is 24.3 Å². The highest BCUT2D eigenvalue weighted by molar-refractivity contribution is 5.76. The Hall–Kier alpha value is -2.18. The van der Waals surface area contributed by atoms with Crippen molar-refractivity contribution in [2.24, 2.45) is 0 Å². The molecule has 24 heavy (non-hydrogen) atoms. The maximum absolute atomic E-state index is 12.6. The zero-order valence-corrected chi connectivity index (χ0v) is 14.8. The number of piperidine rings is 1. The van der Waals surface area contributed by atoms with Gasteiger partial charge in [-0.15, -0.1) is 0 Å². The Kier molecular flexibility index (Phi) is 4.69. The molecule has 0 aromatic carbocycles. The molecule has 2 aromatic heterocycles. The van der Waals surface area contributed by atoms with Crippen LogP contribution in [0.25, 0.3) is 0 Å². The molecule has 1 atom stereocenters. The maximum atomic E-state index is 12.6. The van der Waals surface area contributed by atoms with Crippen molar-refractivity contribution in [3.63, 3.8) is 0 Å². The Morgan fingerprint density at radius 2 is 2.21 bits per heavy atom. The van der Waals surface area contributed by atoms with Gasteiger partial charge in [-0.05, 0) is 32.8 Å². The standard InChI is InChI=1S/C17H25N5O2/c1-11(2)16-18-17(24-20-16)14-6-5-7-21(9-14)15(23)10-22-13(4)8-12(3)19-22/h8,11,14H,5-7,9-10H2,1-4H3/t14-/m0/s1. The summed E-state index contributed by atoms with van der Waals surface area (Å²) < 4.78 is 7.19. The molecule has 3 heterocycles. The van der Waals surface area contributed by atoms with Gasteiger partial charge >= 0.3 is 0 Å². The average Bonchev–Trinajstić information content (AvgIpc) is 3.15. The molecule has 7 nitrogen and oxygen atoms in total. The molecular weight excluding hydrogens is 306 g/mol. The van der Waals surface area contributed by atoms with Crippen molar-refractivity contribution >= 4 is 5.91 Å². The molecule has 1 fully saturated rings. The lowest BCUT2D eigenvalue weighted by atomic mass is 9.98. The number of likely N-dealkylation sites (tertiary alicyclic amines) is 1. The quantitative estimate of drug-likeness (QED) is 0.860. The van der Waals surface area contributed by atoms with Gasteiger partial charge in [-0.25, -0.2) is 0 Å². The van der Waals surface area contributed by atoms with Crippen molar-refractivity contribution < 1.29 is 9.32 Å². The van der Waals surface area contributed by atoms with Crippen LogP contribution in [-0.4, -0.2) is 43.8 Å². The minimum absolute atomic E-state index is 0.0921. The monoisotopic (exact) mass is 331 g/mol. The Balaban J connectivity index is 1.66. The predicted octanol–water partition coefficient (Wildman–Crippen LogP) is 2.41. The normalized spacial score (nSPS) is 18.4. The van der Waals surface area contributed by atoms with Gasteiger partial charge in [0, 0.05) is 24.7 Å². The Labute approximate surface area is 142 Å². The lowest BCUT2D eigenvalue weighted by Gasteiger charge is -2.31. The van der Waals surface area contributed by atoms with E-state index in [0.717, 1.165) is 36.6 Å². The molecule has 3 rings (SSSR count). The van der Waals surface area contributed by atoms with Crippen LogP contribution >= 0.6 is 0 Å². The third-order valence-corrected chi connectivity index (χ3v) is 4.49. The van der Waals surface area contributed by atoms with E-state index in [2.05, 4.69) is 15.2 Å². The number of hydrogen-bond donors (Lipinski definition) is 0. The summed E-state index contributed by atoms with van der Waals surface area (Å²) in [5.74, 6) is 1.85. The van der Waals surface area contributed by atoms with Gasteiger partial charge < -0.3 is 9.42 Å². The molecule has 1 aliphatic heterocycles. The van der Waals surface area contributed by atoms with Gasteiger partial charge in [0.15, 0.2) is 5.82 Å². The van der Waals surface area contributed by atoms with Crippen molar-refractivity contribution in [2.45, 2.75) is 58.9 Å². The highest BCUT2D eigenvalue weighted by Crippen LogP contribution is 2.27. The summed E-state index contributed by atoms with van der Waals surface area (Å²) in [6, 6.07) is 1.98. The second kappa shape index (κ2) is 6.75. The molecule has 130 valence electrons. The Bertz CT molecular complexity index is 718. The van der Waals surface area contributed by atoms with Crippen LogP contribution in [0.3, 0.4) is 0 Å². The van der Waals surface area contributed by atoms with Crippen molar-refractivity contribution in [2.75, 3.05) is 13.1 Å². The molecule has 0 N–H and O–H groups in total.